The second-order valence-electron chi connectivity index (χ2n) is 9.63. The second kappa shape index (κ2) is 11.0. The summed E-state index contributed by atoms with van der Waals surface area (Å²) >= 11 is 6.94. The summed E-state index contributed by atoms with van der Waals surface area (Å²) in [4.78, 5) is 34.6. The number of hydrogen-bond acceptors (Lipinski definition) is 6. The maximum Gasteiger partial charge on any atom is 0.266 e. The molecule has 0 radical (unpaired) electrons. The first kappa shape index (κ1) is 25.4. The van der Waals surface area contributed by atoms with Gasteiger partial charge in [0.2, 0.25) is 5.91 Å². The number of hydrogen-bond donors (Lipinski definition) is 1. The molecule has 6 nitrogen and oxygen atoms in total. The lowest BCUT2D eigenvalue weighted by atomic mass is 9.96. The summed E-state index contributed by atoms with van der Waals surface area (Å²) in [5.74, 6) is 0.442. The highest BCUT2D eigenvalue weighted by molar-refractivity contribution is 8.26. The van der Waals surface area contributed by atoms with Crippen molar-refractivity contribution in [3.05, 3.63) is 76.2 Å². The van der Waals surface area contributed by atoms with E-state index in [-0.39, 0.29) is 17.7 Å². The van der Waals surface area contributed by atoms with Crippen LogP contribution < -0.4 is 10.6 Å². The zero-order valence-electron chi connectivity index (χ0n) is 20.9. The van der Waals surface area contributed by atoms with Crippen LogP contribution in [0.5, 0.6) is 0 Å². The summed E-state index contributed by atoms with van der Waals surface area (Å²) in [6.07, 6.45) is 5.08. The normalized spacial score (nSPS) is 17.8. The molecule has 1 aromatic heterocycles. The molecule has 2 amide bonds. The van der Waals surface area contributed by atoms with Crippen LogP contribution in [-0.4, -0.2) is 45.7 Å². The van der Waals surface area contributed by atoms with Gasteiger partial charge in [-0.3, -0.25) is 14.5 Å². The summed E-state index contributed by atoms with van der Waals surface area (Å²) < 4.78 is 0.595. The van der Waals surface area contributed by atoms with Crippen LogP contribution in [-0.2, 0) is 16.0 Å². The van der Waals surface area contributed by atoms with Crippen LogP contribution in [0.15, 0.2) is 59.5 Å². The molecule has 2 aliphatic rings. The number of para-hydroxylation sites is 1. The number of carbonyl (C=O) groups is 2. The van der Waals surface area contributed by atoms with Crippen molar-refractivity contribution < 1.29 is 9.59 Å². The number of thiocarbonyl (C=S) groups is 1. The van der Waals surface area contributed by atoms with Crippen molar-refractivity contribution in [2.45, 2.75) is 32.6 Å². The van der Waals surface area contributed by atoms with Gasteiger partial charge in [0.25, 0.3) is 5.91 Å². The van der Waals surface area contributed by atoms with Gasteiger partial charge in [0.15, 0.2) is 0 Å². The van der Waals surface area contributed by atoms with E-state index in [1.54, 1.807) is 4.90 Å². The van der Waals surface area contributed by atoms with Gasteiger partial charge in [-0.25, -0.2) is 4.98 Å². The number of aryl methyl sites for hydroxylation is 2. The van der Waals surface area contributed by atoms with Gasteiger partial charge in [0.1, 0.15) is 10.1 Å². The number of nitrogens with two attached hydrogens (primary N) is 1. The van der Waals surface area contributed by atoms with Crippen LogP contribution in [0.2, 0.25) is 0 Å². The molecule has 3 heterocycles. The van der Waals surface area contributed by atoms with Gasteiger partial charge in [-0.1, -0.05) is 72.5 Å². The molecule has 190 valence electrons. The topological polar surface area (TPSA) is 79.5 Å². The zero-order chi connectivity index (χ0) is 25.9. The number of fused-ring (bicyclic) bond motifs is 1. The van der Waals surface area contributed by atoms with Crippen LogP contribution in [0.4, 0.5) is 5.82 Å². The molecule has 0 atom stereocenters. The largest absolute Gasteiger partial charge is 0.369 e. The standard InChI is InChI=1S/C29H30N4O2S2/c1-19-7-5-11-22-17-23(27(31-25(19)22)32-15-12-21(13-16-32)26(30)34)18-24-28(35)33(29(36)37-24)14-6-10-20-8-3-2-4-9-20/h2-5,7-9,11,17-18,21H,6,10,12-16H2,1H3,(H2,30,34)/b24-18-. The van der Waals surface area contributed by atoms with E-state index in [0.717, 1.165) is 40.7 Å². The van der Waals surface area contributed by atoms with Crippen molar-refractivity contribution in [3.8, 4) is 0 Å². The number of amides is 2. The Morgan fingerprint density at radius 1 is 1.16 bits per heavy atom. The van der Waals surface area contributed by atoms with Crippen molar-refractivity contribution in [1.82, 2.24) is 9.88 Å². The van der Waals surface area contributed by atoms with Crippen LogP contribution in [0.1, 0.15) is 36.0 Å². The number of thioether (sulfide) groups is 1. The molecular formula is C29H30N4O2S2. The molecule has 0 bridgehead atoms. The third-order valence-electron chi connectivity index (χ3n) is 7.10. The Morgan fingerprint density at radius 2 is 1.92 bits per heavy atom. The fraction of sp³-hybridized carbons (Fsp3) is 0.310. The minimum absolute atomic E-state index is 0.0502. The predicted octanol–water partition coefficient (Wildman–Crippen LogP) is 5.08. The molecule has 2 N–H and O–H groups in total. The van der Waals surface area contributed by atoms with Gasteiger partial charge in [0.05, 0.1) is 10.4 Å². The molecule has 0 saturated carbocycles. The molecule has 2 saturated heterocycles. The smallest absolute Gasteiger partial charge is 0.266 e. The highest BCUT2D eigenvalue weighted by Crippen LogP contribution is 2.36. The van der Waals surface area contributed by atoms with Crippen molar-refractivity contribution in [2.24, 2.45) is 11.7 Å². The average molecular weight is 531 g/mol. The molecule has 0 aliphatic carbocycles. The van der Waals surface area contributed by atoms with Gasteiger partial charge < -0.3 is 10.6 Å². The van der Waals surface area contributed by atoms with Gasteiger partial charge in [0, 0.05) is 36.5 Å². The number of pyridine rings is 1. The van der Waals surface area contributed by atoms with Crippen LogP contribution in [0.25, 0.3) is 17.0 Å². The van der Waals surface area contributed by atoms with Crippen LogP contribution in [0, 0.1) is 12.8 Å². The van der Waals surface area contributed by atoms with E-state index < -0.39 is 0 Å². The van der Waals surface area contributed by atoms with E-state index in [1.807, 2.05) is 36.4 Å². The number of nitrogens with zero attached hydrogens (tertiary/aromatic N) is 3. The summed E-state index contributed by atoms with van der Waals surface area (Å²) in [5.41, 5.74) is 9.74. The van der Waals surface area contributed by atoms with Crippen LogP contribution >= 0.6 is 24.0 Å². The molecule has 2 aromatic carbocycles. The number of primary amides is 1. The lowest BCUT2D eigenvalue weighted by Gasteiger charge is -2.32. The van der Waals surface area contributed by atoms with Crippen LogP contribution in [0.3, 0.4) is 0 Å². The third-order valence-corrected chi connectivity index (χ3v) is 8.48. The number of rotatable bonds is 7. The van der Waals surface area contributed by atoms with Crippen molar-refractivity contribution in [1.29, 1.82) is 0 Å². The van der Waals surface area contributed by atoms with Gasteiger partial charge in [-0.05, 0) is 55.9 Å². The zero-order valence-corrected chi connectivity index (χ0v) is 22.5. The van der Waals surface area contributed by atoms with Gasteiger partial charge in [-0.2, -0.15) is 0 Å². The Balaban J connectivity index is 1.41. The number of anilines is 1. The molecule has 5 rings (SSSR count). The van der Waals surface area contributed by atoms with E-state index in [0.29, 0.717) is 41.7 Å². The monoisotopic (exact) mass is 530 g/mol. The SMILES string of the molecule is Cc1cccc2cc(/C=C3\SC(=S)N(CCCc4ccccc4)C3=O)c(N3CCC(C(N)=O)CC3)nc12. The fourth-order valence-corrected chi connectivity index (χ4v) is 6.31. The van der Waals surface area contributed by atoms with E-state index in [9.17, 15) is 9.59 Å². The molecule has 2 aliphatic heterocycles. The molecule has 2 fully saturated rings. The van der Waals surface area contributed by atoms with Gasteiger partial charge in [-0.15, -0.1) is 0 Å². The lowest BCUT2D eigenvalue weighted by Crippen LogP contribution is -2.39. The Labute approximate surface area is 226 Å². The molecule has 8 heteroatoms. The van der Waals surface area contributed by atoms with Crippen molar-refractivity contribution in [3.63, 3.8) is 0 Å². The number of aromatic nitrogens is 1. The van der Waals surface area contributed by atoms with E-state index in [4.69, 9.17) is 22.9 Å². The van der Waals surface area contributed by atoms with E-state index >= 15 is 0 Å². The number of piperidine rings is 1. The van der Waals surface area contributed by atoms with E-state index in [2.05, 4.69) is 36.1 Å². The minimum atomic E-state index is -0.238. The molecule has 0 unspecified atom stereocenters. The summed E-state index contributed by atoms with van der Waals surface area (Å²) in [5, 5.41) is 1.03. The number of carbonyl (C=O) groups excluding carboxylic acids is 2. The first-order valence-electron chi connectivity index (χ1n) is 12.6. The molecule has 3 aromatic rings. The Kier molecular flexibility index (Phi) is 7.58. The minimum Gasteiger partial charge on any atom is -0.369 e. The van der Waals surface area contributed by atoms with Crippen molar-refractivity contribution in [2.75, 3.05) is 24.5 Å². The summed E-state index contributed by atoms with van der Waals surface area (Å²) in [6, 6.07) is 18.5. The first-order valence-corrected chi connectivity index (χ1v) is 13.9. The highest BCUT2D eigenvalue weighted by Gasteiger charge is 2.32. The maximum absolute atomic E-state index is 13.3. The third kappa shape index (κ3) is 5.55. The number of benzene rings is 2. The quantitative estimate of drug-likeness (QED) is 0.339. The average Bonchev–Trinajstić information content (AvgIpc) is 3.16. The van der Waals surface area contributed by atoms with Crippen molar-refractivity contribution >= 4 is 62.9 Å². The Hall–Kier alpha value is -3.23. The second-order valence-corrected chi connectivity index (χ2v) is 11.3. The predicted molar refractivity (Wildman–Crippen MR) is 155 cm³/mol. The van der Waals surface area contributed by atoms with E-state index in [1.165, 1.54) is 17.3 Å². The summed E-state index contributed by atoms with van der Waals surface area (Å²) in [7, 11) is 0. The molecule has 0 spiro atoms. The Morgan fingerprint density at radius 3 is 2.65 bits per heavy atom. The Bertz CT molecular complexity index is 1380. The highest BCUT2D eigenvalue weighted by atomic mass is 32.2. The lowest BCUT2D eigenvalue weighted by molar-refractivity contribution is -0.123. The van der Waals surface area contributed by atoms with Gasteiger partial charge >= 0.3 is 0 Å². The molecular weight excluding hydrogens is 500 g/mol. The summed E-state index contributed by atoms with van der Waals surface area (Å²) in [6.45, 7) is 4.04. The maximum atomic E-state index is 13.3. The fourth-order valence-electron chi connectivity index (χ4n) is 5.01. The molecule has 37 heavy (non-hydrogen) atoms. The first-order chi connectivity index (χ1) is 17.9.